The van der Waals surface area contributed by atoms with Crippen LogP contribution in [0.25, 0.3) is 0 Å². The smallest absolute Gasteiger partial charge is 0.243 e. The Bertz CT molecular complexity index is 625. The lowest BCUT2D eigenvalue weighted by molar-refractivity contribution is 0.164. The Morgan fingerprint density at radius 3 is 2.64 bits per heavy atom. The van der Waals surface area contributed by atoms with Crippen LogP contribution in [-0.4, -0.2) is 51.2 Å². The normalized spacial score (nSPS) is 17.7. The van der Waals surface area contributed by atoms with Crippen LogP contribution in [0.4, 0.5) is 5.82 Å². The summed E-state index contributed by atoms with van der Waals surface area (Å²) in [5, 5.41) is 4.39. The molecule has 3 rings (SSSR count). The zero-order valence-electron chi connectivity index (χ0n) is 12.7. The van der Waals surface area contributed by atoms with Crippen LogP contribution in [0.1, 0.15) is 31.6 Å². The van der Waals surface area contributed by atoms with Crippen LogP contribution in [0.5, 0.6) is 0 Å². The lowest BCUT2D eigenvalue weighted by atomic mass is 10.2. The van der Waals surface area contributed by atoms with Crippen molar-refractivity contribution in [3.05, 3.63) is 29.3 Å². The van der Waals surface area contributed by atoms with Crippen molar-refractivity contribution in [3.8, 4) is 0 Å². The van der Waals surface area contributed by atoms with E-state index in [0.717, 1.165) is 44.2 Å². The first-order chi connectivity index (χ1) is 10.7. The van der Waals surface area contributed by atoms with E-state index in [-0.39, 0.29) is 6.04 Å². The first kappa shape index (κ1) is 15.2. The molecule has 3 heterocycles. The van der Waals surface area contributed by atoms with E-state index in [4.69, 9.17) is 16.1 Å². The number of nitrogens with zero attached hydrogens (tertiary/aromatic N) is 6. The van der Waals surface area contributed by atoms with Crippen LogP contribution in [0.2, 0.25) is 5.15 Å². The molecule has 0 spiro atoms. The second kappa shape index (κ2) is 6.58. The maximum atomic E-state index is 5.90. The molecular weight excluding hydrogens is 304 g/mol. The van der Waals surface area contributed by atoms with Gasteiger partial charge in [0.2, 0.25) is 5.89 Å². The second-order valence-corrected chi connectivity index (χ2v) is 5.69. The first-order valence-electron chi connectivity index (χ1n) is 7.46. The van der Waals surface area contributed by atoms with Gasteiger partial charge in [0.05, 0.1) is 18.4 Å². The summed E-state index contributed by atoms with van der Waals surface area (Å²) in [6.45, 7) is 7.66. The summed E-state index contributed by atoms with van der Waals surface area (Å²) < 4.78 is 5.34. The van der Waals surface area contributed by atoms with Gasteiger partial charge in [0.25, 0.3) is 0 Å². The summed E-state index contributed by atoms with van der Waals surface area (Å²) in [5.74, 6) is 2.27. The van der Waals surface area contributed by atoms with E-state index in [1.54, 1.807) is 12.4 Å². The Labute approximate surface area is 134 Å². The van der Waals surface area contributed by atoms with Crippen LogP contribution in [0.15, 0.2) is 16.9 Å². The van der Waals surface area contributed by atoms with Gasteiger partial charge in [-0.05, 0) is 6.92 Å². The summed E-state index contributed by atoms with van der Waals surface area (Å²) in [6.07, 6.45) is 4.08. The maximum Gasteiger partial charge on any atom is 0.243 e. The summed E-state index contributed by atoms with van der Waals surface area (Å²) >= 11 is 5.90. The van der Waals surface area contributed by atoms with Crippen molar-refractivity contribution in [2.75, 3.05) is 31.1 Å². The van der Waals surface area contributed by atoms with Gasteiger partial charge in [-0.3, -0.25) is 9.88 Å². The number of hydrogen-bond donors (Lipinski definition) is 0. The number of hydrogen-bond acceptors (Lipinski definition) is 7. The Hall–Kier alpha value is -1.73. The van der Waals surface area contributed by atoms with Gasteiger partial charge in [-0.15, -0.1) is 0 Å². The van der Waals surface area contributed by atoms with Crippen LogP contribution in [0, 0.1) is 0 Å². The highest BCUT2D eigenvalue weighted by molar-refractivity contribution is 6.29. The molecule has 1 aliphatic heterocycles. The van der Waals surface area contributed by atoms with Crippen LogP contribution >= 0.6 is 11.6 Å². The maximum absolute atomic E-state index is 5.90. The SMILES string of the molecule is CCc1noc(C(C)N2CCN(c3cncc(Cl)n3)CC2)n1. The molecule has 1 aliphatic rings. The minimum Gasteiger partial charge on any atom is -0.353 e. The third kappa shape index (κ3) is 3.20. The fourth-order valence-corrected chi connectivity index (χ4v) is 2.70. The van der Waals surface area contributed by atoms with E-state index in [9.17, 15) is 0 Å². The predicted molar refractivity (Wildman–Crippen MR) is 82.9 cm³/mol. The van der Waals surface area contributed by atoms with Gasteiger partial charge in [-0.25, -0.2) is 4.98 Å². The molecule has 1 saturated heterocycles. The summed E-state index contributed by atoms with van der Waals surface area (Å²) in [6, 6.07) is 0.125. The van der Waals surface area contributed by atoms with E-state index in [1.807, 2.05) is 6.92 Å². The first-order valence-corrected chi connectivity index (χ1v) is 7.84. The van der Waals surface area contributed by atoms with Crippen molar-refractivity contribution < 1.29 is 4.52 Å². The Morgan fingerprint density at radius 2 is 2.00 bits per heavy atom. The Balaban J connectivity index is 1.61. The van der Waals surface area contributed by atoms with E-state index < -0.39 is 0 Å². The zero-order chi connectivity index (χ0) is 15.5. The van der Waals surface area contributed by atoms with Gasteiger partial charge < -0.3 is 9.42 Å². The fourth-order valence-electron chi connectivity index (χ4n) is 2.56. The molecule has 118 valence electrons. The van der Waals surface area contributed by atoms with E-state index in [2.05, 4.69) is 36.8 Å². The third-order valence-electron chi connectivity index (χ3n) is 3.94. The van der Waals surface area contributed by atoms with E-state index >= 15 is 0 Å². The molecule has 0 radical (unpaired) electrons. The lowest BCUT2D eigenvalue weighted by Crippen LogP contribution is -2.47. The van der Waals surface area contributed by atoms with Gasteiger partial charge in [-0.1, -0.05) is 23.7 Å². The Morgan fingerprint density at radius 1 is 1.23 bits per heavy atom. The minimum absolute atomic E-state index is 0.125. The molecule has 2 aromatic rings. The average Bonchev–Trinajstić information content (AvgIpc) is 3.03. The van der Waals surface area contributed by atoms with Crippen molar-refractivity contribution in [3.63, 3.8) is 0 Å². The summed E-state index contributed by atoms with van der Waals surface area (Å²) in [5.41, 5.74) is 0. The molecule has 0 N–H and O–H groups in total. The predicted octanol–water partition coefficient (Wildman–Crippen LogP) is 1.96. The summed E-state index contributed by atoms with van der Waals surface area (Å²) in [7, 11) is 0. The van der Waals surface area contributed by atoms with Crippen LogP contribution in [-0.2, 0) is 6.42 Å². The average molecular weight is 323 g/mol. The minimum atomic E-state index is 0.125. The largest absolute Gasteiger partial charge is 0.353 e. The van der Waals surface area contributed by atoms with Crippen LogP contribution < -0.4 is 4.90 Å². The van der Waals surface area contributed by atoms with Crippen molar-refractivity contribution in [1.29, 1.82) is 0 Å². The molecule has 8 heteroatoms. The molecular formula is C14H19ClN6O. The molecule has 0 saturated carbocycles. The molecule has 2 aromatic heterocycles. The number of aryl methyl sites for hydroxylation is 1. The number of piperazine rings is 1. The van der Waals surface area contributed by atoms with Crippen molar-refractivity contribution in [1.82, 2.24) is 25.0 Å². The molecule has 1 fully saturated rings. The molecule has 0 amide bonds. The monoisotopic (exact) mass is 322 g/mol. The number of rotatable bonds is 4. The molecule has 0 aromatic carbocycles. The number of halogens is 1. The van der Waals surface area contributed by atoms with Crippen LogP contribution in [0.3, 0.4) is 0 Å². The summed E-state index contributed by atoms with van der Waals surface area (Å²) in [4.78, 5) is 17.3. The second-order valence-electron chi connectivity index (χ2n) is 5.30. The van der Waals surface area contributed by atoms with Gasteiger partial charge >= 0.3 is 0 Å². The molecule has 0 bridgehead atoms. The van der Waals surface area contributed by atoms with Crippen molar-refractivity contribution in [2.24, 2.45) is 0 Å². The molecule has 1 unspecified atom stereocenters. The topological polar surface area (TPSA) is 71.2 Å². The number of anilines is 1. The van der Waals surface area contributed by atoms with Crippen molar-refractivity contribution >= 4 is 17.4 Å². The van der Waals surface area contributed by atoms with Crippen molar-refractivity contribution in [2.45, 2.75) is 26.3 Å². The quantitative estimate of drug-likeness (QED) is 0.852. The molecule has 0 aliphatic carbocycles. The standard InChI is InChI=1S/C14H19ClN6O/c1-3-12-18-14(22-19-12)10(2)20-4-6-21(7-5-20)13-9-16-8-11(15)17-13/h8-10H,3-7H2,1-2H3. The highest BCUT2D eigenvalue weighted by Gasteiger charge is 2.26. The van der Waals surface area contributed by atoms with Gasteiger partial charge in [0.1, 0.15) is 11.0 Å². The van der Waals surface area contributed by atoms with Gasteiger partial charge in [0.15, 0.2) is 5.82 Å². The zero-order valence-corrected chi connectivity index (χ0v) is 13.5. The molecule has 7 nitrogen and oxygen atoms in total. The molecule has 22 heavy (non-hydrogen) atoms. The van der Waals surface area contributed by atoms with E-state index in [1.165, 1.54) is 0 Å². The Kier molecular flexibility index (Phi) is 4.54. The van der Waals surface area contributed by atoms with Gasteiger partial charge in [-0.2, -0.15) is 4.98 Å². The lowest BCUT2D eigenvalue weighted by Gasteiger charge is -2.37. The molecule has 1 atom stereocenters. The highest BCUT2D eigenvalue weighted by Crippen LogP contribution is 2.22. The fraction of sp³-hybridized carbons (Fsp3) is 0.571. The third-order valence-corrected chi connectivity index (χ3v) is 4.12. The van der Waals surface area contributed by atoms with E-state index in [0.29, 0.717) is 11.0 Å². The highest BCUT2D eigenvalue weighted by atomic mass is 35.5. The number of aromatic nitrogens is 4. The van der Waals surface area contributed by atoms with Gasteiger partial charge in [0, 0.05) is 32.6 Å².